The molecule has 29 heavy (non-hydrogen) atoms. The monoisotopic (exact) mass is 396 g/mol. The lowest BCUT2D eigenvalue weighted by molar-refractivity contribution is 0.0463. The summed E-state index contributed by atoms with van der Waals surface area (Å²) in [6.07, 6.45) is 12.0. The average Bonchev–Trinajstić information content (AvgIpc) is 3.12. The molecule has 2 aliphatic heterocycles. The number of hydrogen-bond donors (Lipinski definition) is 2. The molecule has 3 aliphatic rings. The van der Waals surface area contributed by atoms with E-state index in [4.69, 9.17) is 4.42 Å². The molecule has 6 heteroatoms. The SMILES string of the molecule is CN1C2CCCC1CC(NC(=O)c1cccc3oc(NC4CCCCC4)nc13)C2. The number of carbonyl (C=O) groups excluding carboxylic acids is 1. The molecule has 6 nitrogen and oxygen atoms in total. The Morgan fingerprint density at radius 3 is 2.55 bits per heavy atom. The average molecular weight is 397 g/mol. The van der Waals surface area contributed by atoms with E-state index in [0.29, 0.717) is 40.8 Å². The number of amides is 1. The number of hydrogen-bond acceptors (Lipinski definition) is 5. The highest BCUT2D eigenvalue weighted by Gasteiger charge is 2.36. The molecule has 3 heterocycles. The van der Waals surface area contributed by atoms with Gasteiger partial charge in [0.05, 0.1) is 5.56 Å². The molecule has 2 bridgehead atoms. The molecule has 1 aromatic carbocycles. The van der Waals surface area contributed by atoms with Gasteiger partial charge >= 0.3 is 0 Å². The first kappa shape index (κ1) is 18.9. The van der Waals surface area contributed by atoms with Crippen molar-refractivity contribution in [1.82, 2.24) is 15.2 Å². The molecule has 0 radical (unpaired) electrons. The maximum absolute atomic E-state index is 13.1. The van der Waals surface area contributed by atoms with Crippen LogP contribution in [0.4, 0.5) is 6.01 Å². The lowest BCUT2D eigenvalue weighted by Crippen LogP contribution is -2.55. The number of anilines is 1. The zero-order chi connectivity index (χ0) is 19.8. The van der Waals surface area contributed by atoms with Crippen LogP contribution in [0.25, 0.3) is 11.1 Å². The minimum atomic E-state index is -0.0271. The number of rotatable bonds is 4. The van der Waals surface area contributed by atoms with Gasteiger partial charge in [-0.2, -0.15) is 4.98 Å². The van der Waals surface area contributed by atoms with E-state index in [0.717, 1.165) is 25.7 Å². The standard InChI is InChI=1S/C23H32N4O2/c1-27-17-9-5-10-18(27)14-16(13-17)24-22(28)19-11-6-12-20-21(19)26-23(29-20)25-15-7-3-2-4-8-15/h6,11-12,15-18H,2-5,7-10,13-14H2,1H3,(H,24,28)(H,25,26). The number of carbonyl (C=O) groups is 1. The van der Waals surface area contributed by atoms with Gasteiger partial charge in [-0.3, -0.25) is 4.79 Å². The molecule has 0 spiro atoms. The summed E-state index contributed by atoms with van der Waals surface area (Å²) in [4.78, 5) is 20.3. The smallest absolute Gasteiger partial charge is 0.295 e. The molecule has 156 valence electrons. The minimum absolute atomic E-state index is 0.0271. The summed E-state index contributed by atoms with van der Waals surface area (Å²) in [6, 6.07) is 8.05. The van der Waals surface area contributed by atoms with E-state index in [-0.39, 0.29) is 11.9 Å². The number of fused-ring (bicyclic) bond motifs is 3. The highest BCUT2D eigenvalue weighted by molar-refractivity contribution is 6.04. The van der Waals surface area contributed by atoms with Crippen LogP contribution >= 0.6 is 0 Å². The van der Waals surface area contributed by atoms with Gasteiger partial charge in [-0.05, 0) is 57.7 Å². The number of piperidine rings is 2. The van der Waals surface area contributed by atoms with Crippen LogP contribution < -0.4 is 10.6 Å². The maximum atomic E-state index is 13.1. The second-order valence-electron chi connectivity index (χ2n) is 9.20. The lowest BCUT2D eigenvalue weighted by Gasteiger charge is -2.47. The summed E-state index contributed by atoms with van der Waals surface area (Å²) >= 11 is 0. The zero-order valence-electron chi connectivity index (χ0n) is 17.3. The summed E-state index contributed by atoms with van der Waals surface area (Å²) in [5.74, 6) is -0.0271. The predicted octanol–water partition coefficient (Wildman–Crippen LogP) is 4.32. The molecule has 3 fully saturated rings. The Balaban J connectivity index is 1.31. The van der Waals surface area contributed by atoms with Crippen LogP contribution in [0.2, 0.25) is 0 Å². The minimum Gasteiger partial charge on any atom is -0.424 e. The van der Waals surface area contributed by atoms with E-state index in [1.807, 2.05) is 18.2 Å². The largest absolute Gasteiger partial charge is 0.424 e. The van der Waals surface area contributed by atoms with Crippen LogP contribution in [0.5, 0.6) is 0 Å². The molecule has 2 unspecified atom stereocenters. The van der Waals surface area contributed by atoms with Crippen LogP contribution in [0.3, 0.4) is 0 Å². The van der Waals surface area contributed by atoms with Gasteiger partial charge in [0, 0.05) is 24.2 Å². The first-order valence-corrected chi connectivity index (χ1v) is 11.4. The Morgan fingerprint density at radius 2 is 1.79 bits per heavy atom. The van der Waals surface area contributed by atoms with E-state index >= 15 is 0 Å². The fraction of sp³-hybridized carbons (Fsp3) is 0.652. The highest BCUT2D eigenvalue weighted by atomic mass is 16.4. The Kier molecular flexibility index (Phi) is 5.20. The van der Waals surface area contributed by atoms with Crippen molar-refractivity contribution in [1.29, 1.82) is 0 Å². The van der Waals surface area contributed by atoms with E-state index < -0.39 is 0 Å². The number of para-hydroxylation sites is 1. The quantitative estimate of drug-likeness (QED) is 0.805. The van der Waals surface area contributed by atoms with Crippen molar-refractivity contribution >= 4 is 23.0 Å². The Hall–Kier alpha value is -2.08. The van der Waals surface area contributed by atoms with Gasteiger partial charge < -0.3 is 20.0 Å². The second-order valence-corrected chi connectivity index (χ2v) is 9.20. The highest BCUT2D eigenvalue weighted by Crippen LogP contribution is 2.33. The van der Waals surface area contributed by atoms with Gasteiger partial charge in [-0.25, -0.2) is 0 Å². The van der Waals surface area contributed by atoms with Gasteiger partial charge in [0.15, 0.2) is 5.58 Å². The normalized spacial score (nSPS) is 28.4. The van der Waals surface area contributed by atoms with Gasteiger partial charge in [0.25, 0.3) is 11.9 Å². The number of aromatic nitrogens is 1. The van der Waals surface area contributed by atoms with Crippen LogP contribution in [0.1, 0.15) is 74.6 Å². The van der Waals surface area contributed by atoms with Crippen molar-refractivity contribution in [2.75, 3.05) is 12.4 Å². The van der Waals surface area contributed by atoms with E-state index in [9.17, 15) is 4.79 Å². The Bertz CT molecular complexity index is 859. The number of oxazole rings is 1. The summed E-state index contributed by atoms with van der Waals surface area (Å²) in [5.41, 5.74) is 1.96. The summed E-state index contributed by atoms with van der Waals surface area (Å²) < 4.78 is 5.92. The molecule has 2 aromatic rings. The van der Waals surface area contributed by atoms with Crippen molar-refractivity contribution in [3.63, 3.8) is 0 Å². The van der Waals surface area contributed by atoms with Crippen molar-refractivity contribution in [3.05, 3.63) is 23.8 Å². The third kappa shape index (κ3) is 3.87. The van der Waals surface area contributed by atoms with Crippen molar-refractivity contribution in [2.24, 2.45) is 0 Å². The van der Waals surface area contributed by atoms with E-state index in [1.165, 1.54) is 38.5 Å². The fourth-order valence-corrected chi connectivity index (χ4v) is 5.61. The molecule has 2 N–H and O–H groups in total. The van der Waals surface area contributed by atoms with Crippen molar-refractivity contribution in [3.8, 4) is 0 Å². The van der Waals surface area contributed by atoms with E-state index in [2.05, 4.69) is 27.6 Å². The zero-order valence-corrected chi connectivity index (χ0v) is 17.3. The predicted molar refractivity (Wildman–Crippen MR) is 114 cm³/mol. The molecule has 2 saturated heterocycles. The van der Waals surface area contributed by atoms with Gasteiger partial charge in [0.1, 0.15) is 5.52 Å². The van der Waals surface area contributed by atoms with Crippen LogP contribution in [0, 0.1) is 0 Å². The fourth-order valence-electron chi connectivity index (χ4n) is 5.61. The molecular weight excluding hydrogens is 364 g/mol. The Labute approximate surface area is 172 Å². The van der Waals surface area contributed by atoms with E-state index in [1.54, 1.807) is 0 Å². The van der Waals surface area contributed by atoms with Gasteiger partial charge in [0.2, 0.25) is 0 Å². The molecular formula is C23H32N4O2. The lowest BCUT2D eigenvalue weighted by atomic mass is 9.82. The first-order chi connectivity index (χ1) is 14.2. The Morgan fingerprint density at radius 1 is 1.03 bits per heavy atom. The van der Waals surface area contributed by atoms with Crippen molar-refractivity contribution in [2.45, 2.75) is 88.4 Å². The summed E-state index contributed by atoms with van der Waals surface area (Å²) in [6.45, 7) is 0. The number of benzene rings is 1. The van der Waals surface area contributed by atoms with Crippen LogP contribution in [-0.2, 0) is 0 Å². The molecule has 1 aromatic heterocycles. The third-order valence-corrected chi connectivity index (χ3v) is 7.27. The summed E-state index contributed by atoms with van der Waals surface area (Å²) in [7, 11) is 2.24. The number of nitrogens with zero attached hydrogens (tertiary/aromatic N) is 2. The second kappa shape index (κ2) is 7.98. The van der Waals surface area contributed by atoms with Crippen LogP contribution in [-0.4, -0.2) is 47.0 Å². The topological polar surface area (TPSA) is 70.4 Å². The van der Waals surface area contributed by atoms with Gasteiger partial charge in [-0.15, -0.1) is 0 Å². The third-order valence-electron chi connectivity index (χ3n) is 7.27. The number of nitrogens with one attached hydrogen (secondary N) is 2. The molecule has 1 saturated carbocycles. The van der Waals surface area contributed by atoms with Crippen molar-refractivity contribution < 1.29 is 9.21 Å². The first-order valence-electron chi connectivity index (χ1n) is 11.4. The molecule has 1 amide bonds. The van der Waals surface area contributed by atoms with Crippen LogP contribution in [0.15, 0.2) is 22.6 Å². The molecule has 2 atom stereocenters. The molecule has 1 aliphatic carbocycles. The van der Waals surface area contributed by atoms with Gasteiger partial charge in [-0.1, -0.05) is 31.7 Å². The maximum Gasteiger partial charge on any atom is 0.295 e. The molecule has 5 rings (SSSR count). The summed E-state index contributed by atoms with van der Waals surface area (Å²) in [5, 5.41) is 6.73.